The summed E-state index contributed by atoms with van der Waals surface area (Å²) in [5.41, 5.74) is -0.148. The molecule has 1 rings (SSSR count). The van der Waals surface area contributed by atoms with Gasteiger partial charge in [0.1, 0.15) is 6.04 Å². The quantitative estimate of drug-likeness (QED) is 0.333. The number of carbonyl (C=O) groups is 2. The molecule has 1 aromatic rings. The molecule has 0 aromatic heterocycles. The fraction of sp³-hybridized carbons (Fsp3) is 0.500. The van der Waals surface area contributed by atoms with Gasteiger partial charge in [-0.3, -0.25) is 14.9 Å². The molecule has 0 bridgehead atoms. The van der Waals surface area contributed by atoms with Gasteiger partial charge in [0.05, 0.1) is 22.1 Å². The second-order valence-electron chi connectivity index (χ2n) is 5.64. The van der Waals surface area contributed by atoms with Crippen LogP contribution in [0.3, 0.4) is 0 Å². The van der Waals surface area contributed by atoms with Gasteiger partial charge in [0.25, 0.3) is 11.6 Å². The van der Waals surface area contributed by atoms with Crippen LogP contribution < -0.4 is 5.32 Å². The van der Waals surface area contributed by atoms with Crippen molar-refractivity contribution in [2.45, 2.75) is 39.7 Å². The number of amides is 1. The number of unbranched alkanes of at least 4 members (excludes halogenated alkanes) is 1. The molecule has 1 amide bonds. The van der Waals surface area contributed by atoms with Crippen LogP contribution in [-0.2, 0) is 9.53 Å². The normalized spacial score (nSPS) is 11.9. The molecule has 0 heterocycles. The highest BCUT2D eigenvalue weighted by atomic mass is 35.5. The lowest BCUT2D eigenvalue weighted by atomic mass is 10.0. The molecule has 0 radical (unpaired) electrons. The van der Waals surface area contributed by atoms with Crippen LogP contribution in [0.4, 0.5) is 5.69 Å². The number of benzene rings is 1. The molecule has 1 N–H and O–H groups in total. The zero-order valence-corrected chi connectivity index (χ0v) is 14.6. The molecule has 0 aliphatic rings. The number of nitro benzene ring substituents is 1. The number of halogens is 1. The minimum Gasteiger partial charge on any atom is -0.464 e. The van der Waals surface area contributed by atoms with Gasteiger partial charge in [0.15, 0.2) is 0 Å². The molecular formula is C16H21ClN2O5. The Balaban J connectivity index is 2.85. The summed E-state index contributed by atoms with van der Waals surface area (Å²) < 4.78 is 5.15. The van der Waals surface area contributed by atoms with E-state index in [4.69, 9.17) is 16.3 Å². The van der Waals surface area contributed by atoms with Gasteiger partial charge in [-0.2, -0.15) is 0 Å². The third-order valence-corrected chi connectivity index (χ3v) is 3.67. The predicted molar refractivity (Wildman–Crippen MR) is 90.1 cm³/mol. The fourth-order valence-corrected chi connectivity index (χ4v) is 2.19. The van der Waals surface area contributed by atoms with Crippen molar-refractivity contribution in [1.29, 1.82) is 0 Å². The Morgan fingerprint density at radius 2 is 2.04 bits per heavy atom. The molecule has 0 saturated carbocycles. The van der Waals surface area contributed by atoms with Crippen LogP contribution in [0.1, 0.15) is 44.0 Å². The van der Waals surface area contributed by atoms with Crippen LogP contribution in [0.5, 0.6) is 0 Å². The maximum atomic E-state index is 12.3. The van der Waals surface area contributed by atoms with Crippen molar-refractivity contribution in [3.8, 4) is 0 Å². The van der Waals surface area contributed by atoms with E-state index < -0.39 is 22.8 Å². The molecule has 0 fully saturated rings. The van der Waals surface area contributed by atoms with Crippen LogP contribution in [-0.4, -0.2) is 29.4 Å². The van der Waals surface area contributed by atoms with Crippen LogP contribution in [0.15, 0.2) is 18.2 Å². The molecule has 1 atom stereocenters. The van der Waals surface area contributed by atoms with E-state index in [1.807, 2.05) is 6.92 Å². The van der Waals surface area contributed by atoms with Gasteiger partial charge in [0, 0.05) is 12.1 Å². The maximum absolute atomic E-state index is 12.3. The number of hydrogen-bond acceptors (Lipinski definition) is 5. The Morgan fingerprint density at radius 3 is 2.54 bits per heavy atom. The number of nitro groups is 1. The first-order valence-corrected chi connectivity index (χ1v) is 8.07. The standard InChI is InChI=1S/C16H21ClN2O5/c1-4-5-8-24-16(21)14(10(2)3)18-15(20)12-7-6-11(19(22)23)9-13(12)17/h6-7,9-10,14H,4-5,8H2,1-3H3,(H,18,20)/t14-/m0/s1. The third-order valence-electron chi connectivity index (χ3n) is 3.36. The average Bonchev–Trinajstić information content (AvgIpc) is 2.51. The molecule has 0 aliphatic heterocycles. The summed E-state index contributed by atoms with van der Waals surface area (Å²) in [4.78, 5) is 34.5. The van der Waals surface area contributed by atoms with E-state index in [-0.39, 0.29) is 22.2 Å². The minimum absolute atomic E-state index is 0.0523. The summed E-state index contributed by atoms with van der Waals surface area (Å²) in [6.07, 6.45) is 1.64. The van der Waals surface area contributed by atoms with Crippen molar-refractivity contribution in [2.24, 2.45) is 5.92 Å². The first-order valence-electron chi connectivity index (χ1n) is 7.69. The van der Waals surface area contributed by atoms with E-state index in [1.54, 1.807) is 13.8 Å². The lowest BCUT2D eigenvalue weighted by Gasteiger charge is -2.21. The zero-order chi connectivity index (χ0) is 18.3. The highest BCUT2D eigenvalue weighted by Crippen LogP contribution is 2.22. The van der Waals surface area contributed by atoms with Crippen molar-refractivity contribution in [2.75, 3.05) is 6.61 Å². The second kappa shape index (κ2) is 9.22. The van der Waals surface area contributed by atoms with Crippen molar-refractivity contribution >= 4 is 29.2 Å². The highest BCUT2D eigenvalue weighted by molar-refractivity contribution is 6.34. The van der Waals surface area contributed by atoms with Gasteiger partial charge in [-0.25, -0.2) is 4.79 Å². The number of non-ortho nitro benzene ring substituents is 1. The van der Waals surface area contributed by atoms with Crippen LogP contribution >= 0.6 is 11.6 Å². The molecule has 132 valence electrons. The predicted octanol–water partition coefficient (Wildman–Crippen LogP) is 3.35. The van der Waals surface area contributed by atoms with Crippen LogP contribution in [0, 0.1) is 16.0 Å². The second-order valence-corrected chi connectivity index (χ2v) is 6.04. The molecule has 0 spiro atoms. The number of rotatable bonds is 8. The van der Waals surface area contributed by atoms with E-state index >= 15 is 0 Å². The number of ether oxygens (including phenoxy) is 1. The first kappa shape index (κ1) is 19.9. The largest absolute Gasteiger partial charge is 0.464 e. The van der Waals surface area contributed by atoms with Crippen molar-refractivity contribution in [3.63, 3.8) is 0 Å². The number of nitrogens with zero attached hydrogens (tertiary/aromatic N) is 1. The van der Waals surface area contributed by atoms with E-state index in [1.165, 1.54) is 12.1 Å². The Kier molecular flexibility index (Phi) is 7.64. The summed E-state index contributed by atoms with van der Waals surface area (Å²) in [7, 11) is 0. The summed E-state index contributed by atoms with van der Waals surface area (Å²) >= 11 is 5.93. The summed E-state index contributed by atoms with van der Waals surface area (Å²) in [6, 6.07) is 2.72. The Hall–Kier alpha value is -2.15. The number of hydrogen-bond donors (Lipinski definition) is 1. The lowest BCUT2D eigenvalue weighted by Crippen LogP contribution is -2.45. The summed E-state index contributed by atoms with van der Waals surface area (Å²) in [5, 5.41) is 13.2. The van der Waals surface area contributed by atoms with Gasteiger partial charge < -0.3 is 10.1 Å². The van der Waals surface area contributed by atoms with Gasteiger partial charge in [-0.15, -0.1) is 0 Å². The summed E-state index contributed by atoms with van der Waals surface area (Å²) in [5.74, 6) is -1.27. The van der Waals surface area contributed by atoms with E-state index in [2.05, 4.69) is 5.32 Å². The van der Waals surface area contributed by atoms with Gasteiger partial charge >= 0.3 is 5.97 Å². The Bertz CT molecular complexity index is 618. The SMILES string of the molecule is CCCCOC(=O)[C@@H](NC(=O)c1ccc([N+](=O)[O-])cc1Cl)C(C)C. The molecule has 7 nitrogen and oxygen atoms in total. The molecule has 1 aromatic carbocycles. The monoisotopic (exact) mass is 356 g/mol. The summed E-state index contributed by atoms with van der Waals surface area (Å²) in [6.45, 7) is 5.84. The molecule has 8 heteroatoms. The smallest absolute Gasteiger partial charge is 0.328 e. The highest BCUT2D eigenvalue weighted by Gasteiger charge is 2.27. The molecule has 0 saturated heterocycles. The van der Waals surface area contributed by atoms with E-state index in [0.717, 1.165) is 18.9 Å². The minimum atomic E-state index is -0.819. The molecule has 24 heavy (non-hydrogen) atoms. The lowest BCUT2D eigenvalue weighted by molar-refractivity contribution is -0.384. The van der Waals surface area contributed by atoms with Gasteiger partial charge in [0.2, 0.25) is 0 Å². The van der Waals surface area contributed by atoms with Crippen LogP contribution in [0.25, 0.3) is 0 Å². The number of carbonyl (C=O) groups excluding carboxylic acids is 2. The number of nitrogens with one attached hydrogen (secondary N) is 1. The van der Waals surface area contributed by atoms with Crippen LogP contribution in [0.2, 0.25) is 5.02 Å². The van der Waals surface area contributed by atoms with Gasteiger partial charge in [-0.05, 0) is 18.4 Å². The Morgan fingerprint density at radius 1 is 1.38 bits per heavy atom. The molecule has 0 aliphatic carbocycles. The van der Waals surface area contributed by atoms with Crippen molar-refractivity contribution in [1.82, 2.24) is 5.32 Å². The Labute approximate surface area is 145 Å². The van der Waals surface area contributed by atoms with E-state index in [0.29, 0.717) is 6.61 Å². The van der Waals surface area contributed by atoms with E-state index in [9.17, 15) is 19.7 Å². The maximum Gasteiger partial charge on any atom is 0.328 e. The zero-order valence-electron chi connectivity index (χ0n) is 13.9. The van der Waals surface area contributed by atoms with Gasteiger partial charge in [-0.1, -0.05) is 38.8 Å². The van der Waals surface area contributed by atoms with Crippen molar-refractivity contribution in [3.05, 3.63) is 38.9 Å². The fourth-order valence-electron chi connectivity index (χ4n) is 1.93. The van der Waals surface area contributed by atoms with Crippen molar-refractivity contribution < 1.29 is 19.2 Å². The average molecular weight is 357 g/mol. The topological polar surface area (TPSA) is 98.5 Å². The molecular weight excluding hydrogens is 336 g/mol. The number of esters is 1. The first-order chi connectivity index (χ1) is 11.3. The third kappa shape index (κ3) is 5.49. The molecule has 0 unspecified atom stereocenters.